The maximum atomic E-state index is 12.8. The molecule has 0 spiro atoms. The van der Waals surface area contributed by atoms with Crippen LogP contribution in [0.1, 0.15) is 10.4 Å². The van der Waals surface area contributed by atoms with Crippen molar-refractivity contribution in [3.8, 4) is 28.0 Å². The fourth-order valence-electron chi connectivity index (χ4n) is 2.02. The lowest BCUT2D eigenvalue weighted by Crippen LogP contribution is -2.00. The summed E-state index contributed by atoms with van der Waals surface area (Å²) in [6.45, 7) is 1.60. The van der Waals surface area contributed by atoms with Crippen molar-refractivity contribution in [2.45, 2.75) is 13.1 Å². The van der Waals surface area contributed by atoms with Gasteiger partial charge in [-0.2, -0.15) is 13.2 Å². The highest BCUT2D eigenvalue weighted by atomic mass is 35.5. The maximum absolute atomic E-state index is 12.8. The smallest absolute Gasteiger partial charge is 0.425 e. The van der Waals surface area contributed by atoms with Crippen molar-refractivity contribution in [3.63, 3.8) is 0 Å². The van der Waals surface area contributed by atoms with Crippen molar-refractivity contribution in [1.29, 1.82) is 0 Å². The van der Waals surface area contributed by atoms with Gasteiger partial charge in [0.1, 0.15) is 15.8 Å². The number of thiophene rings is 1. The van der Waals surface area contributed by atoms with E-state index in [2.05, 4.69) is 9.97 Å². The van der Waals surface area contributed by atoms with Crippen LogP contribution in [0.2, 0.25) is 5.15 Å². The third kappa shape index (κ3) is 3.85. The van der Waals surface area contributed by atoms with Gasteiger partial charge in [0.25, 0.3) is 5.88 Å². The Morgan fingerprint density at radius 2 is 1.96 bits per heavy atom. The fourth-order valence-corrected chi connectivity index (χ4v) is 3.02. The predicted octanol–water partition coefficient (Wildman–Crippen LogP) is 5.68. The lowest BCUT2D eigenvalue weighted by molar-refractivity contribution is -0.134. The monoisotopic (exact) mass is 386 g/mol. The van der Waals surface area contributed by atoms with Crippen LogP contribution in [-0.2, 0) is 6.18 Å². The highest BCUT2D eigenvalue weighted by Crippen LogP contribution is 2.40. The zero-order valence-corrected chi connectivity index (χ0v) is 14.2. The first kappa shape index (κ1) is 17.5. The summed E-state index contributed by atoms with van der Waals surface area (Å²) >= 11 is 6.35. The van der Waals surface area contributed by atoms with Gasteiger partial charge in [-0.3, -0.25) is 0 Å². The minimum Gasteiger partial charge on any atom is -0.503 e. The summed E-state index contributed by atoms with van der Waals surface area (Å²) in [5.41, 5.74) is 0.688. The summed E-state index contributed by atoms with van der Waals surface area (Å²) < 4.78 is 43.8. The van der Waals surface area contributed by atoms with E-state index in [1.807, 2.05) is 0 Å². The van der Waals surface area contributed by atoms with Gasteiger partial charge in [-0.1, -0.05) is 11.6 Å². The lowest BCUT2D eigenvalue weighted by atomic mass is 10.2. The van der Waals surface area contributed by atoms with Crippen LogP contribution in [0.3, 0.4) is 0 Å². The second-order valence-electron chi connectivity index (χ2n) is 5.06. The van der Waals surface area contributed by atoms with Crippen LogP contribution in [0.5, 0.6) is 17.4 Å². The Hall–Kier alpha value is -2.32. The van der Waals surface area contributed by atoms with Gasteiger partial charge in [0.2, 0.25) is 0 Å². The molecule has 0 saturated carbocycles. The molecular formula is C16H10ClF3N2O2S. The molecule has 0 unspecified atom stereocenters. The largest absolute Gasteiger partial charge is 0.503 e. The second-order valence-corrected chi connectivity index (χ2v) is 6.53. The quantitative estimate of drug-likeness (QED) is 0.588. The Morgan fingerprint density at radius 3 is 2.60 bits per heavy atom. The molecule has 130 valence electrons. The molecule has 0 aliphatic rings. The Bertz CT molecular complexity index is 928. The normalized spacial score (nSPS) is 11.6. The molecule has 3 rings (SSSR count). The number of nitrogens with zero attached hydrogens (tertiary/aromatic N) is 2. The van der Waals surface area contributed by atoms with E-state index in [0.717, 1.165) is 6.07 Å². The molecule has 0 aliphatic carbocycles. The molecule has 0 bridgehead atoms. The molecule has 0 aromatic carbocycles. The average Bonchev–Trinajstić information content (AvgIpc) is 3.02. The minimum absolute atomic E-state index is 0.126. The number of hydrogen-bond donors (Lipinski definition) is 1. The molecule has 1 N–H and O–H groups in total. The topological polar surface area (TPSA) is 55.2 Å². The van der Waals surface area contributed by atoms with Gasteiger partial charge in [-0.25, -0.2) is 9.97 Å². The van der Waals surface area contributed by atoms with Crippen molar-refractivity contribution in [3.05, 3.63) is 52.1 Å². The SMILES string of the molecule is Cc1cc(-c2ccc(C(F)(F)F)s2)nc(Oc2ccnc(Cl)c2)c1O. The Balaban J connectivity index is 1.99. The van der Waals surface area contributed by atoms with E-state index < -0.39 is 11.1 Å². The summed E-state index contributed by atoms with van der Waals surface area (Å²) in [6, 6.07) is 6.76. The summed E-state index contributed by atoms with van der Waals surface area (Å²) in [7, 11) is 0. The number of hydrogen-bond acceptors (Lipinski definition) is 5. The molecule has 0 atom stereocenters. The number of aromatic nitrogens is 2. The Kier molecular flexibility index (Phi) is 4.57. The first-order valence-electron chi connectivity index (χ1n) is 6.91. The first-order chi connectivity index (χ1) is 11.7. The molecule has 0 fully saturated rings. The van der Waals surface area contributed by atoms with Gasteiger partial charge >= 0.3 is 6.18 Å². The highest BCUT2D eigenvalue weighted by Gasteiger charge is 2.32. The third-order valence-corrected chi connectivity index (χ3v) is 4.56. The van der Waals surface area contributed by atoms with Gasteiger partial charge in [0.05, 0.1) is 10.6 Å². The molecule has 9 heteroatoms. The number of pyridine rings is 2. The fraction of sp³-hybridized carbons (Fsp3) is 0.125. The van der Waals surface area contributed by atoms with E-state index in [-0.39, 0.29) is 22.5 Å². The van der Waals surface area contributed by atoms with Gasteiger partial charge in [-0.05, 0) is 36.8 Å². The standard InChI is InChI=1S/C16H10ClF3N2O2S/c1-8-6-10(11-2-3-12(25-11)16(18,19)20)22-15(14(8)23)24-9-4-5-21-13(17)7-9/h2-7,23H,1H3. The van der Waals surface area contributed by atoms with E-state index in [0.29, 0.717) is 27.5 Å². The summed E-state index contributed by atoms with van der Waals surface area (Å²) in [5, 5.41) is 10.3. The van der Waals surface area contributed by atoms with Gasteiger partial charge < -0.3 is 9.84 Å². The number of alkyl halides is 3. The van der Waals surface area contributed by atoms with Crippen LogP contribution >= 0.6 is 22.9 Å². The van der Waals surface area contributed by atoms with Gasteiger partial charge in [-0.15, -0.1) is 11.3 Å². The molecule has 0 amide bonds. The molecule has 4 nitrogen and oxygen atoms in total. The molecule has 3 aromatic heterocycles. The summed E-state index contributed by atoms with van der Waals surface area (Å²) in [5.74, 6) is -0.0370. The van der Waals surface area contributed by atoms with Crippen molar-refractivity contribution in [2.75, 3.05) is 0 Å². The van der Waals surface area contributed by atoms with Crippen molar-refractivity contribution in [2.24, 2.45) is 0 Å². The molecule has 0 aliphatic heterocycles. The number of halogens is 4. The van der Waals surface area contributed by atoms with Crippen LogP contribution in [0.25, 0.3) is 10.6 Å². The van der Waals surface area contributed by atoms with Crippen LogP contribution < -0.4 is 4.74 Å². The first-order valence-corrected chi connectivity index (χ1v) is 8.11. The van der Waals surface area contributed by atoms with E-state index in [1.165, 1.54) is 30.5 Å². The van der Waals surface area contributed by atoms with E-state index >= 15 is 0 Å². The van der Waals surface area contributed by atoms with Crippen molar-refractivity contribution < 1.29 is 23.0 Å². The molecule has 3 heterocycles. The molecular weight excluding hydrogens is 377 g/mol. The van der Waals surface area contributed by atoms with Gasteiger partial charge in [0.15, 0.2) is 5.75 Å². The minimum atomic E-state index is -4.41. The van der Waals surface area contributed by atoms with E-state index in [1.54, 1.807) is 6.92 Å². The maximum Gasteiger partial charge on any atom is 0.425 e. The van der Waals surface area contributed by atoms with Crippen LogP contribution in [-0.4, -0.2) is 15.1 Å². The third-order valence-electron chi connectivity index (χ3n) is 3.20. The average molecular weight is 387 g/mol. The van der Waals surface area contributed by atoms with E-state index in [4.69, 9.17) is 16.3 Å². The van der Waals surface area contributed by atoms with Gasteiger partial charge in [0, 0.05) is 12.3 Å². The Morgan fingerprint density at radius 1 is 1.20 bits per heavy atom. The lowest BCUT2D eigenvalue weighted by Gasteiger charge is -2.10. The highest BCUT2D eigenvalue weighted by molar-refractivity contribution is 7.15. The predicted molar refractivity (Wildman–Crippen MR) is 88.3 cm³/mol. The molecule has 25 heavy (non-hydrogen) atoms. The zero-order valence-electron chi connectivity index (χ0n) is 12.6. The molecule has 3 aromatic rings. The van der Waals surface area contributed by atoms with Crippen molar-refractivity contribution in [1.82, 2.24) is 9.97 Å². The number of aryl methyl sites for hydroxylation is 1. The zero-order chi connectivity index (χ0) is 18.2. The van der Waals surface area contributed by atoms with Crippen LogP contribution in [0.4, 0.5) is 13.2 Å². The number of rotatable bonds is 3. The molecule has 0 radical (unpaired) electrons. The van der Waals surface area contributed by atoms with Crippen LogP contribution in [0.15, 0.2) is 36.5 Å². The summed E-state index contributed by atoms with van der Waals surface area (Å²) in [4.78, 5) is 7.53. The number of aromatic hydroxyl groups is 1. The second kappa shape index (κ2) is 6.53. The Labute approximate surface area is 149 Å². The van der Waals surface area contributed by atoms with Crippen LogP contribution in [0, 0.1) is 6.92 Å². The molecule has 0 saturated heterocycles. The number of ether oxygens (including phenoxy) is 1. The van der Waals surface area contributed by atoms with E-state index in [9.17, 15) is 18.3 Å². The van der Waals surface area contributed by atoms with Crippen molar-refractivity contribution >= 4 is 22.9 Å². The summed E-state index contributed by atoms with van der Waals surface area (Å²) in [6.07, 6.45) is -3.00.